The molecule has 0 aromatic rings. The van der Waals surface area contributed by atoms with E-state index in [0.29, 0.717) is 0 Å². The molecule has 0 aromatic heterocycles. The van der Waals surface area contributed by atoms with Gasteiger partial charge in [0.15, 0.2) is 0 Å². The van der Waals surface area contributed by atoms with Gasteiger partial charge >= 0.3 is 0 Å². The molecule has 0 unspecified atom stereocenters. The van der Waals surface area contributed by atoms with Crippen LogP contribution in [-0.4, -0.2) is 0 Å². The van der Waals surface area contributed by atoms with E-state index in [1.165, 1.54) is 5.57 Å². The van der Waals surface area contributed by atoms with Crippen LogP contribution in [-0.2, 0) is 26.2 Å². The van der Waals surface area contributed by atoms with E-state index < -0.39 is 0 Å². The predicted octanol–water partition coefficient (Wildman–Crippen LogP) is 2.54. The minimum Gasteiger partial charge on any atom is -0.270 e. The molecule has 0 bridgehead atoms. The Morgan fingerprint density at radius 3 is 2.11 bits per heavy atom. The summed E-state index contributed by atoms with van der Waals surface area (Å²) in [5.74, 6) is 0. The molecule has 0 atom stereocenters. The van der Waals surface area contributed by atoms with Gasteiger partial charge in [-0.05, 0) is 0 Å². The van der Waals surface area contributed by atoms with Gasteiger partial charge in [-0.3, -0.25) is 6.08 Å². The third kappa shape index (κ3) is 6.83. The van der Waals surface area contributed by atoms with Crippen LogP contribution in [0.25, 0.3) is 0 Å². The van der Waals surface area contributed by atoms with Gasteiger partial charge in [0.2, 0.25) is 0 Å². The van der Waals surface area contributed by atoms with Crippen molar-refractivity contribution >= 4 is 24.8 Å². The molecule has 1 aliphatic rings. The van der Waals surface area contributed by atoms with Crippen LogP contribution in [0.2, 0.25) is 0 Å². The molecule has 1 aliphatic carbocycles. The molecule has 52 valence electrons. The molecule has 0 spiro atoms. The molecule has 0 fully saturated rings. The van der Waals surface area contributed by atoms with Gasteiger partial charge in [-0.15, -0.1) is 31.2 Å². The number of hydrogen-bond acceptors (Lipinski definition) is 0. The van der Waals surface area contributed by atoms with Crippen LogP contribution >= 0.6 is 24.8 Å². The molecule has 3 heteroatoms. The second kappa shape index (κ2) is 8.94. The summed E-state index contributed by atoms with van der Waals surface area (Å²) in [6, 6.07) is 0. The van der Waals surface area contributed by atoms with Gasteiger partial charge in [0.05, 0.1) is 0 Å². The first kappa shape index (κ1) is 16.5. The van der Waals surface area contributed by atoms with E-state index in [1.54, 1.807) is 0 Å². The molecule has 1 rings (SSSR count). The predicted molar refractivity (Wildman–Crippen MR) is 40.7 cm³/mol. The van der Waals surface area contributed by atoms with Crippen LogP contribution in [0.5, 0.6) is 0 Å². The maximum Gasteiger partial charge on any atom is 0 e. The van der Waals surface area contributed by atoms with Gasteiger partial charge < -0.3 is 0 Å². The van der Waals surface area contributed by atoms with E-state index in [-0.39, 0.29) is 51.0 Å². The fraction of sp³-hybridized carbons (Fsp3) is 0.333. The van der Waals surface area contributed by atoms with Gasteiger partial charge in [0, 0.05) is 26.2 Å². The number of rotatable bonds is 0. The molecule has 0 saturated heterocycles. The molecule has 9 heavy (non-hydrogen) atoms. The second-order valence-electron chi connectivity index (χ2n) is 1.47. The fourth-order valence-electron chi connectivity index (χ4n) is 0.515. The quantitative estimate of drug-likeness (QED) is 0.573. The first-order chi connectivity index (χ1) is 2.89. The second-order valence-corrected chi connectivity index (χ2v) is 1.47. The van der Waals surface area contributed by atoms with E-state index in [4.69, 9.17) is 0 Å². The Kier molecular flexibility index (Phi) is 16.4. The van der Waals surface area contributed by atoms with Crippen molar-refractivity contribution in [3.63, 3.8) is 0 Å². The van der Waals surface area contributed by atoms with Crippen LogP contribution in [0, 0.1) is 6.08 Å². The van der Waals surface area contributed by atoms with Crippen molar-refractivity contribution in [3.8, 4) is 0 Å². The first-order valence-corrected chi connectivity index (χ1v) is 2.13. The minimum atomic E-state index is 0. The van der Waals surface area contributed by atoms with Crippen LogP contribution in [0.1, 0.15) is 13.3 Å². The normalized spacial score (nSPS) is 12.3. The Morgan fingerprint density at radius 1 is 1.44 bits per heavy atom. The summed E-state index contributed by atoms with van der Waals surface area (Å²) < 4.78 is 0. The maximum atomic E-state index is 3.12. The van der Waals surface area contributed by atoms with Crippen molar-refractivity contribution in [2.24, 2.45) is 0 Å². The molecule has 0 nitrogen and oxygen atoms in total. The molecule has 0 aromatic carbocycles. The maximum absolute atomic E-state index is 3.12. The molecule has 0 radical (unpaired) electrons. The minimum absolute atomic E-state index is 0. The number of allylic oxidation sites excluding steroid dienone is 4. The largest absolute Gasteiger partial charge is 0.270 e. The summed E-state index contributed by atoms with van der Waals surface area (Å²) in [5, 5.41) is 0. The van der Waals surface area contributed by atoms with E-state index >= 15 is 0 Å². The van der Waals surface area contributed by atoms with E-state index in [1.807, 2.05) is 0 Å². The third-order valence-corrected chi connectivity index (χ3v) is 0.867. The van der Waals surface area contributed by atoms with Crippen molar-refractivity contribution in [1.29, 1.82) is 0 Å². The van der Waals surface area contributed by atoms with E-state index in [0.717, 1.165) is 6.42 Å². The molecule has 0 amide bonds. The number of hydrogen-bond donors (Lipinski definition) is 0. The molecular weight excluding hydrogens is 234 g/mol. The van der Waals surface area contributed by atoms with Crippen LogP contribution in [0.15, 0.2) is 17.7 Å². The summed E-state index contributed by atoms with van der Waals surface area (Å²) in [7, 11) is 0. The standard InChI is InChI=1S/C6H7.2ClH.Zr/c1-6-4-2-3-5-6;;;/h2,4H,3H2,1H3;2*1H;/q-1;;;. The van der Waals surface area contributed by atoms with Crippen LogP contribution in [0.3, 0.4) is 0 Å². The zero-order chi connectivity index (χ0) is 4.41. The van der Waals surface area contributed by atoms with E-state index in [2.05, 4.69) is 25.2 Å². The zero-order valence-electron chi connectivity index (χ0n) is 5.18. The average Bonchev–Trinajstić information content (AvgIpc) is 1.86. The summed E-state index contributed by atoms with van der Waals surface area (Å²) >= 11 is 0. The van der Waals surface area contributed by atoms with Gasteiger partial charge in [-0.2, -0.15) is 6.08 Å². The van der Waals surface area contributed by atoms with Crippen molar-refractivity contribution in [1.82, 2.24) is 0 Å². The topological polar surface area (TPSA) is 0 Å². The van der Waals surface area contributed by atoms with Crippen LogP contribution in [0.4, 0.5) is 0 Å². The van der Waals surface area contributed by atoms with Crippen molar-refractivity contribution in [2.45, 2.75) is 13.3 Å². The summed E-state index contributed by atoms with van der Waals surface area (Å²) in [4.78, 5) is 0. The Balaban J connectivity index is -0.000000120. The SMILES string of the molecule is CC1=[C-]CC=C1.Cl.Cl.[Zr]. The van der Waals surface area contributed by atoms with Crippen molar-refractivity contribution in [3.05, 3.63) is 23.8 Å². The monoisotopic (exact) mass is 241 g/mol. The molecule has 0 N–H and O–H groups in total. The molecule has 0 aliphatic heterocycles. The fourth-order valence-corrected chi connectivity index (χ4v) is 0.515. The van der Waals surface area contributed by atoms with Gasteiger partial charge in [0.1, 0.15) is 0 Å². The average molecular weight is 243 g/mol. The third-order valence-electron chi connectivity index (χ3n) is 0.867. The van der Waals surface area contributed by atoms with Crippen LogP contribution < -0.4 is 0 Å². The summed E-state index contributed by atoms with van der Waals surface area (Å²) in [6.45, 7) is 2.06. The summed E-state index contributed by atoms with van der Waals surface area (Å²) in [5.41, 5.74) is 1.27. The Morgan fingerprint density at radius 2 is 2.00 bits per heavy atom. The van der Waals surface area contributed by atoms with Gasteiger partial charge in [-0.1, -0.05) is 6.92 Å². The Hall–Kier alpha value is 0.943. The number of halogens is 2. The van der Waals surface area contributed by atoms with Crippen molar-refractivity contribution < 1.29 is 26.2 Å². The molecule has 0 heterocycles. The molecular formula is C6H9Cl2Zr-. The molecule has 0 saturated carbocycles. The zero-order valence-corrected chi connectivity index (χ0v) is 9.27. The Labute approximate surface area is 87.7 Å². The Bertz CT molecular complexity index is 105. The van der Waals surface area contributed by atoms with E-state index in [9.17, 15) is 0 Å². The summed E-state index contributed by atoms with van der Waals surface area (Å²) in [6.07, 6.45) is 8.33. The van der Waals surface area contributed by atoms with Gasteiger partial charge in [-0.25, -0.2) is 11.6 Å². The smallest absolute Gasteiger partial charge is 0 e. The van der Waals surface area contributed by atoms with Crippen molar-refractivity contribution in [2.75, 3.05) is 0 Å². The first-order valence-electron chi connectivity index (χ1n) is 2.13. The van der Waals surface area contributed by atoms with Gasteiger partial charge in [0.25, 0.3) is 0 Å².